The molecule has 118 valence electrons. The van der Waals surface area contributed by atoms with Crippen molar-refractivity contribution in [2.75, 3.05) is 0 Å². The Morgan fingerprint density at radius 2 is 2.09 bits per heavy atom. The predicted molar refractivity (Wildman–Crippen MR) is 82.1 cm³/mol. The molecular formula is C12H9N5O5S. The highest BCUT2D eigenvalue weighted by Crippen LogP contribution is 2.17. The van der Waals surface area contributed by atoms with E-state index in [9.17, 15) is 24.8 Å². The van der Waals surface area contributed by atoms with Crippen LogP contribution in [0.2, 0.25) is 0 Å². The summed E-state index contributed by atoms with van der Waals surface area (Å²) in [5.41, 5.74) is 0.480. The van der Waals surface area contributed by atoms with Gasteiger partial charge in [0.25, 0.3) is 17.2 Å². The molecule has 23 heavy (non-hydrogen) atoms. The molecule has 0 saturated heterocycles. The van der Waals surface area contributed by atoms with Crippen LogP contribution in [0.1, 0.15) is 15.9 Å². The van der Waals surface area contributed by atoms with E-state index in [0.29, 0.717) is 0 Å². The third-order valence-corrected chi connectivity index (χ3v) is 2.87. The Bertz CT molecular complexity index is 917. The third kappa shape index (κ3) is 3.65. The van der Waals surface area contributed by atoms with Crippen molar-refractivity contribution < 1.29 is 14.8 Å². The summed E-state index contributed by atoms with van der Waals surface area (Å²) in [6.45, 7) is 0. The number of aromatic hydroxyl groups is 1. The van der Waals surface area contributed by atoms with E-state index < -0.39 is 22.3 Å². The zero-order valence-corrected chi connectivity index (χ0v) is 12.1. The van der Waals surface area contributed by atoms with Crippen LogP contribution in [0, 0.1) is 14.9 Å². The van der Waals surface area contributed by atoms with Gasteiger partial charge in [0.15, 0.2) is 4.77 Å². The molecule has 0 atom stereocenters. The van der Waals surface area contributed by atoms with Crippen molar-refractivity contribution in [1.82, 2.24) is 15.4 Å². The summed E-state index contributed by atoms with van der Waals surface area (Å²) in [7, 11) is 0. The molecule has 0 aliphatic carbocycles. The van der Waals surface area contributed by atoms with Crippen LogP contribution in [0.25, 0.3) is 0 Å². The number of rotatable bonds is 4. The summed E-state index contributed by atoms with van der Waals surface area (Å²) in [6, 6.07) is 5.31. The van der Waals surface area contributed by atoms with Crippen molar-refractivity contribution in [3.8, 4) is 5.88 Å². The van der Waals surface area contributed by atoms with Crippen molar-refractivity contribution >= 4 is 30.0 Å². The number of carbonyl (C=O) groups excluding carboxylic acids is 1. The van der Waals surface area contributed by atoms with Gasteiger partial charge in [-0.05, 0) is 18.3 Å². The minimum absolute atomic E-state index is 0.0754. The Labute approximate surface area is 132 Å². The van der Waals surface area contributed by atoms with E-state index >= 15 is 0 Å². The number of benzene rings is 1. The number of hydrogen-bond acceptors (Lipinski definition) is 7. The first-order valence-corrected chi connectivity index (χ1v) is 6.43. The zero-order valence-electron chi connectivity index (χ0n) is 11.3. The Kier molecular flexibility index (Phi) is 4.61. The van der Waals surface area contributed by atoms with Crippen molar-refractivity contribution in [2.24, 2.45) is 5.10 Å². The molecule has 0 aliphatic heterocycles. The molecular weight excluding hydrogens is 326 g/mol. The van der Waals surface area contributed by atoms with Gasteiger partial charge in [0.05, 0.1) is 11.1 Å². The van der Waals surface area contributed by atoms with Crippen LogP contribution in [-0.2, 0) is 0 Å². The summed E-state index contributed by atoms with van der Waals surface area (Å²) < 4.78 is -0.0754. The average molecular weight is 335 g/mol. The number of hydrazone groups is 1. The maximum absolute atomic E-state index is 11.9. The minimum Gasteiger partial charge on any atom is -0.494 e. The second-order valence-electron chi connectivity index (χ2n) is 4.14. The number of para-hydroxylation sites is 1. The largest absolute Gasteiger partial charge is 0.494 e. The zero-order chi connectivity index (χ0) is 17.0. The topological polar surface area (TPSA) is 153 Å². The van der Waals surface area contributed by atoms with E-state index in [4.69, 9.17) is 0 Å². The number of nitro benzene ring substituents is 1. The monoisotopic (exact) mass is 335 g/mol. The lowest BCUT2D eigenvalue weighted by Crippen LogP contribution is -2.20. The first kappa shape index (κ1) is 16.0. The van der Waals surface area contributed by atoms with Gasteiger partial charge in [0, 0.05) is 6.07 Å². The van der Waals surface area contributed by atoms with Crippen LogP contribution >= 0.6 is 12.2 Å². The van der Waals surface area contributed by atoms with Crippen LogP contribution < -0.4 is 11.0 Å². The van der Waals surface area contributed by atoms with Gasteiger partial charge in [0.1, 0.15) is 11.1 Å². The van der Waals surface area contributed by atoms with Crippen LogP contribution in [0.3, 0.4) is 0 Å². The smallest absolute Gasteiger partial charge is 0.282 e. The second kappa shape index (κ2) is 6.62. The molecule has 2 rings (SSSR count). The Balaban J connectivity index is 2.22. The number of nitrogens with one attached hydrogen (secondary N) is 3. The van der Waals surface area contributed by atoms with Crippen LogP contribution in [0.15, 0.2) is 34.2 Å². The van der Waals surface area contributed by atoms with E-state index in [1.807, 2.05) is 5.43 Å². The quantitative estimate of drug-likeness (QED) is 0.280. The highest BCUT2D eigenvalue weighted by molar-refractivity contribution is 7.71. The number of nitro groups is 1. The molecule has 1 aromatic heterocycles. The summed E-state index contributed by atoms with van der Waals surface area (Å²) >= 11 is 4.65. The normalized spacial score (nSPS) is 10.6. The lowest BCUT2D eigenvalue weighted by molar-refractivity contribution is -0.385. The highest BCUT2D eigenvalue weighted by atomic mass is 32.1. The molecule has 10 nitrogen and oxygen atoms in total. The molecule has 2 aromatic rings. The molecule has 4 N–H and O–H groups in total. The SMILES string of the molecule is O=C(N/N=C/c1c(O)[nH]c(=S)[nH]c1=O)c1ccccc1[N+](=O)[O-]. The first-order chi connectivity index (χ1) is 10.9. The highest BCUT2D eigenvalue weighted by Gasteiger charge is 2.18. The molecule has 0 saturated carbocycles. The van der Waals surface area contributed by atoms with Gasteiger partial charge >= 0.3 is 0 Å². The lowest BCUT2D eigenvalue weighted by Gasteiger charge is -2.01. The number of H-pyrrole nitrogens is 2. The molecule has 0 fully saturated rings. The standard InChI is InChI=1S/C12H9N5O5S/c18-9-7(10(19)15-12(23)14-9)5-13-16-11(20)6-3-1-2-4-8(6)17(21)22/h1-5H,(H,16,20)(H3,14,15,18,19,23)/b13-5+. The van der Waals surface area contributed by atoms with Crippen molar-refractivity contribution in [2.45, 2.75) is 0 Å². The van der Waals surface area contributed by atoms with E-state index in [1.54, 1.807) is 0 Å². The molecule has 0 aliphatic rings. The molecule has 1 amide bonds. The van der Waals surface area contributed by atoms with Gasteiger partial charge in [-0.25, -0.2) is 5.43 Å². The fraction of sp³-hybridized carbons (Fsp3) is 0. The maximum Gasteiger partial charge on any atom is 0.282 e. The van der Waals surface area contributed by atoms with Crippen molar-refractivity contribution in [1.29, 1.82) is 0 Å². The fourth-order valence-corrected chi connectivity index (χ4v) is 1.83. The summed E-state index contributed by atoms with van der Waals surface area (Å²) in [4.78, 5) is 38.1. The van der Waals surface area contributed by atoms with E-state index in [-0.39, 0.29) is 21.6 Å². The summed E-state index contributed by atoms with van der Waals surface area (Å²) in [5, 5.41) is 23.9. The molecule has 11 heteroatoms. The van der Waals surface area contributed by atoms with Crippen molar-refractivity contribution in [3.63, 3.8) is 0 Å². The third-order valence-electron chi connectivity index (χ3n) is 2.66. The van der Waals surface area contributed by atoms with Crippen LogP contribution in [0.4, 0.5) is 5.69 Å². The van der Waals surface area contributed by atoms with E-state index in [0.717, 1.165) is 6.21 Å². The van der Waals surface area contributed by atoms with Crippen LogP contribution in [0.5, 0.6) is 5.88 Å². The van der Waals surface area contributed by atoms with Gasteiger partial charge in [-0.15, -0.1) is 0 Å². The fourth-order valence-electron chi connectivity index (χ4n) is 1.64. The Hall–Kier alpha value is -3.34. The van der Waals surface area contributed by atoms with Gasteiger partial charge < -0.3 is 10.1 Å². The van der Waals surface area contributed by atoms with Gasteiger partial charge in [-0.2, -0.15) is 5.10 Å². The lowest BCUT2D eigenvalue weighted by atomic mass is 10.2. The summed E-state index contributed by atoms with van der Waals surface area (Å²) in [5.74, 6) is -1.37. The Morgan fingerprint density at radius 3 is 2.74 bits per heavy atom. The number of nitrogens with zero attached hydrogens (tertiary/aromatic N) is 2. The number of carbonyl (C=O) groups is 1. The molecule has 1 heterocycles. The maximum atomic E-state index is 11.9. The number of aromatic nitrogens is 2. The molecule has 0 bridgehead atoms. The Morgan fingerprint density at radius 1 is 1.39 bits per heavy atom. The van der Waals surface area contributed by atoms with Gasteiger partial charge in [0.2, 0.25) is 5.88 Å². The molecule has 0 unspecified atom stereocenters. The van der Waals surface area contributed by atoms with E-state index in [2.05, 4.69) is 27.3 Å². The predicted octanol–water partition coefficient (Wildman–Crippen LogP) is 0.810. The number of hydrogen-bond donors (Lipinski definition) is 4. The summed E-state index contributed by atoms with van der Waals surface area (Å²) in [6.07, 6.45) is 0.881. The molecule has 0 radical (unpaired) electrons. The van der Waals surface area contributed by atoms with Crippen molar-refractivity contribution in [3.05, 3.63) is 60.6 Å². The van der Waals surface area contributed by atoms with Gasteiger partial charge in [-0.3, -0.25) is 24.7 Å². The number of amides is 1. The minimum atomic E-state index is -0.840. The second-order valence-corrected chi connectivity index (χ2v) is 4.55. The number of aromatic amines is 2. The van der Waals surface area contributed by atoms with Crippen LogP contribution in [-0.4, -0.2) is 32.1 Å². The average Bonchev–Trinajstić information content (AvgIpc) is 2.49. The molecule has 0 spiro atoms. The first-order valence-electron chi connectivity index (χ1n) is 6.02. The van der Waals surface area contributed by atoms with E-state index in [1.165, 1.54) is 24.3 Å². The van der Waals surface area contributed by atoms with Gasteiger partial charge in [-0.1, -0.05) is 12.1 Å². The molecule has 1 aromatic carbocycles.